The summed E-state index contributed by atoms with van der Waals surface area (Å²) in [5.74, 6) is 0.302. The van der Waals surface area contributed by atoms with E-state index in [1.807, 2.05) is 0 Å². The van der Waals surface area contributed by atoms with Gasteiger partial charge >= 0.3 is 0 Å². The molecule has 0 atom stereocenters. The van der Waals surface area contributed by atoms with Gasteiger partial charge in [0, 0.05) is 12.1 Å². The number of halogens is 2. The van der Waals surface area contributed by atoms with Crippen molar-refractivity contribution in [1.29, 1.82) is 0 Å². The molecule has 1 fully saturated rings. The van der Waals surface area contributed by atoms with E-state index in [4.69, 9.17) is 0 Å². The Morgan fingerprint density at radius 3 is 2.82 bits per heavy atom. The lowest BCUT2D eigenvalue weighted by Crippen LogP contribution is -2.27. The Bertz CT molecular complexity index is 418. The van der Waals surface area contributed by atoms with Crippen molar-refractivity contribution in [3.05, 3.63) is 34.1 Å². The minimum atomic E-state index is -0.351. The highest BCUT2D eigenvalue weighted by Gasteiger charge is 2.17. The van der Waals surface area contributed by atoms with Gasteiger partial charge in [0.1, 0.15) is 5.82 Å². The molecule has 0 saturated heterocycles. The quantitative estimate of drug-likeness (QED) is 0.906. The van der Waals surface area contributed by atoms with E-state index in [1.165, 1.54) is 37.5 Å². The predicted molar refractivity (Wildman–Crippen MR) is 68.4 cm³/mol. The smallest absolute Gasteiger partial charge is 0.251 e. The van der Waals surface area contributed by atoms with Gasteiger partial charge in [0.2, 0.25) is 0 Å². The first-order valence-electron chi connectivity index (χ1n) is 5.90. The highest BCUT2D eigenvalue weighted by Crippen LogP contribution is 2.28. The zero-order valence-corrected chi connectivity index (χ0v) is 11.1. The molecule has 0 spiro atoms. The monoisotopic (exact) mass is 299 g/mol. The number of hydrogen-bond acceptors (Lipinski definition) is 1. The zero-order valence-electron chi connectivity index (χ0n) is 9.51. The summed E-state index contributed by atoms with van der Waals surface area (Å²) in [5, 5.41) is 2.86. The van der Waals surface area contributed by atoms with Gasteiger partial charge in [-0.2, -0.15) is 0 Å². The van der Waals surface area contributed by atoms with Gasteiger partial charge in [0.05, 0.1) is 4.47 Å². The fourth-order valence-corrected chi connectivity index (χ4v) is 2.29. The number of amides is 1. The van der Waals surface area contributed by atoms with E-state index in [-0.39, 0.29) is 11.7 Å². The first-order chi connectivity index (χ1) is 8.16. The normalized spacial score (nSPS) is 15.4. The van der Waals surface area contributed by atoms with Crippen LogP contribution in [0.2, 0.25) is 0 Å². The van der Waals surface area contributed by atoms with Crippen molar-refractivity contribution in [3.8, 4) is 0 Å². The summed E-state index contributed by atoms with van der Waals surface area (Å²) in [7, 11) is 0. The minimum Gasteiger partial charge on any atom is -0.352 e. The number of carbonyl (C=O) groups is 1. The summed E-state index contributed by atoms with van der Waals surface area (Å²) >= 11 is 3.07. The van der Waals surface area contributed by atoms with Gasteiger partial charge in [-0.05, 0) is 46.5 Å². The van der Waals surface area contributed by atoms with Crippen LogP contribution in [0.25, 0.3) is 0 Å². The molecule has 0 aliphatic heterocycles. The average Bonchev–Trinajstić information content (AvgIpc) is 2.25. The first kappa shape index (κ1) is 12.6. The molecule has 4 heteroatoms. The van der Waals surface area contributed by atoms with Crippen LogP contribution < -0.4 is 5.32 Å². The summed E-state index contributed by atoms with van der Waals surface area (Å²) < 4.78 is 13.3. The molecule has 0 heterocycles. The fraction of sp³-hybridized carbons (Fsp3) is 0.462. The molecule has 1 aromatic rings. The summed E-state index contributed by atoms with van der Waals surface area (Å²) in [6.07, 6.45) is 4.95. The van der Waals surface area contributed by atoms with Crippen molar-refractivity contribution in [2.75, 3.05) is 6.54 Å². The maximum atomic E-state index is 13.0. The minimum absolute atomic E-state index is 0.134. The van der Waals surface area contributed by atoms with E-state index >= 15 is 0 Å². The van der Waals surface area contributed by atoms with Crippen LogP contribution in [0.3, 0.4) is 0 Å². The lowest BCUT2D eigenvalue weighted by molar-refractivity contribution is 0.0949. The van der Waals surface area contributed by atoms with Crippen molar-refractivity contribution in [1.82, 2.24) is 5.32 Å². The molecule has 1 amide bonds. The third-order valence-electron chi connectivity index (χ3n) is 3.24. The van der Waals surface area contributed by atoms with Crippen LogP contribution >= 0.6 is 15.9 Å². The van der Waals surface area contributed by atoms with Crippen LogP contribution in [0.15, 0.2) is 22.7 Å². The van der Waals surface area contributed by atoms with E-state index in [1.54, 1.807) is 0 Å². The molecular formula is C13H15BrFNO. The highest BCUT2D eigenvalue weighted by molar-refractivity contribution is 9.10. The Morgan fingerprint density at radius 1 is 1.47 bits per heavy atom. The first-order valence-corrected chi connectivity index (χ1v) is 6.69. The average molecular weight is 300 g/mol. The number of hydrogen-bond donors (Lipinski definition) is 1. The third kappa shape index (κ3) is 3.28. The molecule has 1 saturated carbocycles. The number of nitrogens with one attached hydrogen (secondary N) is 1. The molecule has 0 bridgehead atoms. The van der Waals surface area contributed by atoms with Gasteiger partial charge in [0.15, 0.2) is 0 Å². The van der Waals surface area contributed by atoms with Gasteiger partial charge in [-0.15, -0.1) is 0 Å². The molecule has 2 rings (SSSR count). The van der Waals surface area contributed by atoms with Gasteiger partial charge in [-0.3, -0.25) is 4.79 Å². The van der Waals surface area contributed by atoms with Crippen molar-refractivity contribution in [2.45, 2.75) is 25.7 Å². The van der Waals surface area contributed by atoms with E-state index < -0.39 is 0 Å². The van der Waals surface area contributed by atoms with Crippen LogP contribution in [0.5, 0.6) is 0 Å². The third-order valence-corrected chi connectivity index (χ3v) is 3.85. The molecule has 1 aromatic carbocycles. The van der Waals surface area contributed by atoms with Gasteiger partial charge in [-0.25, -0.2) is 4.39 Å². The van der Waals surface area contributed by atoms with Crippen molar-refractivity contribution < 1.29 is 9.18 Å². The molecule has 0 aromatic heterocycles. The van der Waals surface area contributed by atoms with E-state index in [2.05, 4.69) is 21.2 Å². The molecular weight excluding hydrogens is 285 g/mol. The van der Waals surface area contributed by atoms with Crippen LogP contribution in [0.1, 0.15) is 36.0 Å². The second kappa shape index (κ2) is 5.63. The molecule has 0 unspecified atom stereocenters. The molecule has 2 nitrogen and oxygen atoms in total. The van der Waals surface area contributed by atoms with Gasteiger partial charge in [0.25, 0.3) is 5.91 Å². The summed E-state index contributed by atoms with van der Waals surface area (Å²) in [4.78, 5) is 11.7. The second-order valence-corrected chi connectivity index (χ2v) is 5.32. The topological polar surface area (TPSA) is 29.1 Å². The van der Waals surface area contributed by atoms with Crippen molar-refractivity contribution in [3.63, 3.8) is 0 Å². The Balaban J connectivity index is 1.83. The molecule has 92 valence electrons. The van der Waals surface area contributed by atoms with Crippen LogP contribution in [0, 0.1) is 11.7 Å². The Labute approximate surface area is 109 Å². The van der Waals surface area contributed by atoms with Crippen molar-refractivity contribution >= 4 is 21.8 Å². The molecule has 1 N–H and O–H groups in total. The Hall–Kier alpha value is -0.900. The molecule has 1 aliphatic rings. The SMILES string of the molecule is O=C(NCCC1CCC1)c1ccc(F)c(Br)c1. The summed E-state index contributed by atoms with van der Waals surface area (Å²) in [6.45, 7) is 0.707. The number of benzene rings is 1. The lowest BCUT2D eigenvalue weighted by atomic mass is 9.83. The predicted octanol–water partition coefficient (Wildman–Crippen LogP) is 3.51. The molecule has 17 heavy (non-hydrogen) atoms. The van der Waals surface area contributed by atoms with Gasteiger partial charge < -0.3 is 5.32 Å². The highest BCUT2D eigenvalue weighted by atomic mass is 79.9. The van der Waals surface area contributed by atoms with E-state index in [0.717, 1.165) is 12.3 Å². The maximum Gasteiger partial charge on any atom is 0.251 e. The lowest BCUT2D eigenvalue weighted by Gasteiger charge is -2.25. The van der Waals surface area contributed by atoms with Crippen LogP contribution in [-0.2, 0) is 0 Å². The number of rotatable bonds is 4. The fourth-order valence-electron chi connectivity index (χ4n) is 1.91. The number of carbonyl (C=O) groups excluding carboxylic acids is 1. The van der Waals surface area contributed by atoms with Gasteiger partial charge in [-0.1, -0.05) is 19.3 Å². The summed E-state index contributed by atoms with van der Waals surface area (Å²) in [5.41, 5.74) is 0.492. The largest absolute Gasteiger partial charge is 0.352 e. The molecule has 0 radical (unpaired) electrons. The zero-order chi connectivity index (χ0) is 12.3. The standard InChI is InChI=1S/C13H15BrFNO/c14-11-8-10(4-5-12(11)15)13(17)16-7-6-9-2-1-3-9/h4-5,8-9H,1-3,6-7H2,(H,16,17). The van der Waals surface area contributed by atoms with E-state index in [9.17, 15) is 9.18 Å². The second-order valence-electron chi connectivity index (χ2n) is 4.47. The van der Waals surface area contributed by atoms with E-state index in [0.29, 0.717) is 16.6 Å². The Kier molecular flexibility index (Phi) is 4.15. The van der Waals surface area contributed by atoms with Crippen LogP contribution in [0.4, 0.5) is 4.39 Å². The van der Waals surface area contributed by atoms with Crippen LogP contribution in [-0.4, -0.2) is 12.5 Å². The molecule has 1 aliphatic carbocycles. The Morgan fingerprint density at radius 2 is 2.24 bits per heavy atom. The summed E-state index contributed by atoms with van der Waals surface area (Å²) in [6, 6.07) is 4.30. The van der Waals surface area contributed by atoms with Crippen molar-refractivity contribution in [2.24, 2.45) is 5.92 Å². The maximum absolute atomic E-state index is 13.0.